The average molecular weight is 475 g/mol. The van der Waals surface area contributed by atoms with E-state index in [4.69, 9.17) is 14.2 Å². The fourth-order valence-corrected chi connectivity index (χ4v) is 4.51. The van der Waals surface area contributed by atoms with E-state index in [9.17, 15) is 9.59 Å². The molecule has 2 amide bonds. The number of methoxy groups -OCH3 is 3. The summed E-state index contributed by atoms with van der Waals surface area (Å²) in [6, 6.07) is 22.3. The van der Waals surface area contributed by atoms with E-state index in [1.807, 2.05) is 48.5 Å². The number of carbonyl (C=O) groups is 2. The van der Waals surface area contributed by atoms with Crippen LogP contribution in [-0.2, 0) is 11.3 Å². The van der Waals surface area contributed by atoms with Gasteiger partial charge in [-0.3, -0.25) is 9.59 Å². The van der Waals surface area contributed by atoms with E-state index >= 15 is 0 Å². The monoisotopic (exact) mass is 474 g/mol. The SMILES string of the molecule is COc1ccc(C(=O)N2C[C@@H](C(=O)NCc3ccccc3)[C@H](c3cc(OC)ccc3OC)C2)cc1. The standard InChI is InChI=1S/C28H30N2O5/c1-33-21-11-9-20(10-12-21)28(32)30-17-24(23-15-22(34-2)13-14-26(23)35-3)25(18-30)27(31)29-16-19-7-5-4-6-8-19/h4-15,24-25H,16-18H2,1-3H3,(H,29,31)/t24-,25+/m0/s1. The quantitative estimate of drug-likeness (QED) is 0.536. The highest BCUT2D eigenvalue weighted by molar-refractivity contribution is 5.95. The second-order valence-electron chi connectivity index (χ2n) is 8.46. The van der Waals surface area contributed by atoms with Gasteiger partial charge >= 0.3 is 0 Å². The normalized spacial score (nSPS) is 17.1. The largest absolute Gasteiger partial charge is 0.497 e. The lowest BCUT2D eigenvalue weighted by Gasteiger charge is -2.21. The molecule has 0 bridgehead atoms. The van der Waals surface area contributed by atoms with E-state index in [1.54, 1.807) is 50.5 Å². The molecule has 1 fully saturated rings. The molecule has 3 aromatic rings. The molecule has 2 atom stereocenters. The Morgan fingerprint density at radius 1 is 0.857 bits per heavy atom. The molecule has 1 aliphatic heterocycles. The molecule has 0 radical (unpaired) electrons. The molecule has 4 rings (SSSR count). The number of likely N-dealkylation sites (tertiary alicyclic amines) is 1. The number of rotatable bonds is 8. The van der Waals surface area contributed by atoms with Crippen LogP contribution in [0.3, 0.4) is 0 Å². The van der Waals surface area contributed by atoms with Crippen LogP contribution in [-0.4, -0.2) is 51.1 Å². The molecule has 7 nitrogen and oxygen atoms in total. The molecule has 1 heterocycles. The lowest BCUT2D eigenvalue weighted by Crippen LogP contribution is -2.35. The molecule has 1 aliphatic rings. The van der Waals surface area contributed by atoms with Crippen LogP contribution < -0.4 is 19.5 Å². The van der Waals surface area contributed by atoms with Crippen LogP contribution in [0.4, 0.5) is 0 Å². The van der Waals surface area contributed by atoms with Crippen LogP contribution in [0, 0.1) is 5.92 Å². The Bertz CT molecular complexity index is 1160. The Labute approximate surface area is 205 Å². The maximum absolute atomic E-state index is 13.4. The molecular weight excluding hydrogens is 444 g/mol. The van der Waals surface area contributed by atoms with Gasteiger partial charge in [-0.2, -0.15) is 0 Å². The molecule has 0 unspecified atom stereocenters. The Morgan fingerprint density at radius 3 is 2.20 bits per heavy atom. The third-order valence-electron chi connectivity index (χ3n) is 6.43. The smallest absolute Gasteiger partial charge is 0.253 e. The van der Waals surface area contributed by atoms with Crippen molar-refractivity contribution < 1.29 is 23.8 Å². The number of nitrogens with zero attached hydrogens (tertiary/aromatic N) is 1. The second-order valence-corrected chi connectivity index (χ2v) is 8.46. The van der Waals surface area contributed by atoms with Gasteiger partial charge in [-0.1, -0.05) is 30.3 Å². The van der Waals surface area contributed by atoms with Crippen molar-refractivity contribution in [1.29, 1.82) is 0 Å². The Morgan fingerprint density at radius 2 is 1.54 bits per heavy atom. The fraction of sp³-hybridized carbons (Fsp3) is 0.286. The van der Waals surface area contributed by atoms with Crippen LogP contribution >= 0.6 is 0 Å². The number of hydrogen-bond acceptors (Lipinski definition) is 5. The highest BCUT2D eigenvalue weighted by atomic mass is 16.5. The summed E-state index contributed by atoms with van der Waals surface area (Å²) in [5, 5.41) is 3.06. The van der Waals surface area contributed by atoms with E-state index in [1.165, 1.54) is 0 Å². The van der Waals surface area contributed by atoms with E-state index in [0.717, 1.165) is 11.1 Å². The van der Waals surface area contributed by atoms with Crippen molar-refractivity contribution in [2.75, 3.05) is 34.4 Å². The molecule has 0 aromatic heterocycles. The summed E-state index contributed by atoms with van der Waals surface area (Å²) < 4.78 is 16.3. The van der Waals surface area contributed by atoms with Gasteiger partial charge in [0.25, 0.3) is 5.91 Å². The van der Waals surface area contributed by atoms with E-state index in [0.29, 0.717) is 42.4 Å². The predicted molar refractivity (Wildman–Crippen MR) is 133 cm³/mol. The van der Waals surface area contributed by atoms with Gasteiger partial charge in [0.1, 0.15) is 17.2 Å². The van der Waals surface area contributed by atoms with Gasteiger partial charge in [-0.05, 0) is 48.0 Å². The molecule has 0 spiro atoms. The van der Waals surface area contributed by atoms with Crippen molar-refractivity contribution in [3.63, 3.8) is 0 Å². The highest BCUT2D eigenvalue weighted by Crippen LogP contribution is 2.40. The van der Waals surface area contributed by atoms with Crippen LogP contribution in [0.15, 0.2) is 72.8 Å². The van der Waals surface area contributed by atoms with E-state index in [2.05, 4.69) is 5.32 Å². The first-order chi connectivity index (χ1) is 17.0. The zero-order valence-corrected chi connectivity index (χ0v) is 20.2. The van der Waals surface area contributed by atoms with Crippen molar-refractivity contribution in [2.24, 2.45) is 5.92 Å². The van der Waals surface area contributed by atoms with Gasteiger partial charge in [-0.25, -0.2) is 0 Å². The van der Waals surface area contributed by atoms with Crippen LogP contribution in [0.25, 0.3) is 0 Å². The maximum atomic E-state index is 13.4. The van der Waals surface area contributed by atoms with E-state index < -0.39 is 5.92 Å². The molecule has 3 aromatic carbocycles. The maximum Gasteiger partial charge on any atom is 0.253 e. The Balaban J connectivity index is 1.61. The summed E-state index contributed by atoms with van der Waals surface area (Å²) in [7, 11) is 4.79. The van der Waals surface area contributed by atoms with Gasteiger partial charge < -0.3 is 24.4 Å². The zero-order chi connectivity index (χ0) is 24.8. The minimum absolute atomic E-state index is 0.103. The molecule has 0 aliphatic carbocycles. The minimum Gasteiger partial charge on any atom is -0.497 e. The second kappa shape index (κ2) is 11.0. The molecule has 1 N–H and O–H groups in total. The topological polar surface area (TPSA) is 77.1 Å². The first kappa shape index (κ1) is 24.1. The van der Waals surface area contributed by atoms with Gasteiger partial charge in [-0.15, -0.1) is 0 Å². The summed E-state index contributed by atoms with van der Waals surface area (Å²) >= 11 is 0. The van der Waals surface area contributed by atoms with Crippen LogP contribution in [0.1, 0.15) is 27.4 Å². The highest BCUT2D eigenvalue weighted by Gasteiger charge is 2.42. The predicted octanol–water partition coefficient (Wildman–Crippen LogP) is 3.88. The summed E-state index contributed by atoms with van der Waals surface area (Å²) in [5.41, 5.74) is 2.41. The average Bonchev–Trinajstić information content (AvgIpc) is 3.37. The van der Waals surface area contributed by atoms with Crippen molar-refractivity contribution in [3.05, 3.63) is 89.5 Å². The molecule has 182 valence electrons. The summed E-state index contributed by atoms with van der Waals surface area (Å²) in [5.74, 6) is 1.09. The molecule has 7 heteroatoms. The number of hydrogen-bond donors (Lipinski definition) is 1. The van der Waals surface area contributed by atoms with Crippen molar-refractivity contribution in [1.82, 2.24) is 10.2 Å². The number of carbonyl (C=O) groups excluding carboxylic acids is 2. The van der Waals surface area contributed by atoms with Gasteiger partial charge in [0.15, 0.2) is 0 Å². The first-order valence-electron chi connectivity index (χ1n) is 11.5. The van der Waals surface area contributed by atoms with Crippen molar-refractivity contribution in [3.8, 4) is 17.2 Å². The lowest BCUT2D eigenvalue weighted by molar-refractivity contribution is -0.125. The number of nitrogens with one attached hydrogen (secondary N) is 1. The summed E-state index contributed by atoms with van der Waals surface area (Å²) in [6.45, 7) is 1.11. The van der Waals surface area contributed by atoms with E-state index in [-0.39, 0.29) is 17.7 Å². The third kappa shape index (κ3) is 5.40. The van der Waals surface area contributed by atoms with Crippen LogP contribution in [0.5, 0.6) is 17.2 Å². The summed E-state index contributed by atoms with van der Waals surface area (Å²) in [6.07, 6.45) is 0. The number of benzene rings is 3. The Hall–Kier alpha value is -4.00. The number of amides is 2. The first-order valence-corrected chi connectivity index (χ1v) is 11.5. The molecule has 0 saturated carbocycles. The molecule has 35 heavy (non-hydrogen) atoms. The number of ether oxygens (including phenoxy) is 3. The van der Waals surface area contributed by atoms with Crippen LogP contribution in [0.2, 0.25) is 0 Å². The van der Waals surface area contributed by atoms with Crippen molar-refractivity contribution >= 4 is 11.8 Å². The summed E-state index contributed by atoms with van der Waals surface area (Å²) in [4.78, 5) is 28.5. The van der Waals surface area contributed by atoms with Gasteiger partial charge in [0.05, 0.1) is 27.2 Å². The molecule has 1 saturated heterocycles. The minimum atomic E-state index is -0.443. The van der Waals surface area contributed by atoms with Gasteiger partial charge in [0.2, 0.25) is 5.91 Å². The zero-order valence-electron chi connectivity index (χ0n) is 20.2. The molecular formula is C28H30N2O5. The van der Waals surface area contributed by atoms with Crippen molar-refractivity contribution in [2.45, 2.75) is 12.5 Å². The third-order valence-corrected chi connectivity index (χ3v) is 6.43. The fourth-order valence-electron chi connectivity index (χ4n) is 4.51. The Kier molecular flexibility index (Phi) is 7.55. The lowest BCUT2D eigenvalue weighted by atomic mass is 9.87. The van der Waals surface area contributed by atoms with Gasteiger partial charge in [0, 0.05) is 36.7 Å².